The lowest BCUT2D eigenvalue weighted by Gasteiger charge is -2.33. The Hall–Kier alpha value is -1.80. The van der Waals surface area contributed by atoms with Gasteiger partial charge in [0.1, 0.15) is 0 Å². The molecule has 2 nitrogen and oxygen atoms in total. The maximum Gasteiger partial charge on any atom is 0.0461 e. The Morgan fingerprint density at radius 3 is 3.00 bits per heavy atom. The topological polar surface area (TPSA) is 19.0 Å². The monoisotopic (exact) mass is 278 g/mol. The maximum absolute atomic E-state index is 4.48. The minimum atomic E-state index is 0.510. The van der Waals surface area contributed by atoms with Crippen molar-refractivity contribution in [2.24, 2.45) is 5.92 Å². The van der Waals surface area contributed by atoms with Gasteiger partial charge in [0.15, 0.2) is 0 Å². The van der Waals surface area contributed by atoms with Crippen LogP contribution in [0.2, 0.25) is 0 Å². The molecule has 5 rings (SSSR count). The first-order chi connectivity index (χ1) is 10.3. The van der Waals surface area contributed by atoms with E-state index in [1.165, 1.54) is 46.3 Å². The Balaban J connectivity index is 1.91. The summed E-state index contributed by atoms with van der Waals surface area (Å²) < 4.78 is 0. The molecule has 2 atom stereocenters. The van der Waals surface area contributed by atoms with Gasteiger partial charge in [-0.15, -0.1) is 0 Å². The van der Waals surface area contributed by atoms with Crippen LogP contribution < -0.4 is 0 Å². The van der Waals surface area contributed by atoms with Gasteiger partial charge in [-0.1, -0.05) is 36.4 Å². The zero-order chi connectivity index (χ0) is 14.4. The molecule has 0 amide bonds. The number of aromatic nitrogens is 1. The highest BCUT2D eigenvalue weighted by atomic mass is 15.1. The molecular formula is C19H22N2. The highest BCUT2D eigenvalue weighted by Crippen LogP contribution is 2.39. The van der Waals surface area contributed by atoms with Crippen LogP contribution in [0.5, 0.6) is 0 Å². The van der Waals surface area contributed by atoms with Gasteiger partial charge in [-0.2, -0.15) is 0 Å². The molecule has 2 aromatic rings. The van der Waals surface area contributed by atoms with Gasteiger partial charge >= 0.3 is 0 Å². The number of benzene rings is 1. The first kappa shape index (κ1) is 12.9. The molecular weight excluding hydrogens is 256 g/mol. The van der Waals surface area contributed by atoms with Gasteiger partial charge in [0, 0.05) is 35.6 Å². The van der Waals surface area contributed by atoms with Crippen LogP contribution in [0.25, 0.3) is 16.5 Å². The lowest BCUT2D eigenvalue weighted by Crippen LogP contribution is -2.36. The third-order valence-corrected chi connectivity index (χ3v) is 5.19. The van der Waals surface area contributed by atoms with E-state index in [2.05, 4.69) is 53.7 Å². The lowest BCUT2D eigenvalue weighted by molar-refractivity contribution is 0.255. The van der Waals surface area contributed by atoms with Crippen molar-refractivity contribution in [3.8, 4) is 0 Å². The van der Waals surface area contributed by atoms with Crippen LogP contribution in [0.1, 0.15) is 24.6 Å². The summed E-state index contributed by atoms with van der Waals surface area (Å²) in [5.74, 6) is 0.510. The Morgan fingerprint density at radius 1 is 1.29 bits per heavy atom. The van der Waals surface area contributed by atoms with Gasteiger partial charge in [-0.05, 0) is 43.5 Å². The number of nitrogens with zero attached hydrogens (tertiary/aromatic N) is 1. The van der Waals surface area contributed by atoms with Crippen LogP contribution in [0, 0.1) is 5.92 Å². The molecule has 1 N–H and O–H groups in total. The van der Waals surface area contributed by atoms with E-state index in [-0.39, 0.29) is 0 Å². The van der Waals surface area contributed by atoms with Crippen LogP contribution in [0.4, 0.5) is 0 Å². The fraction of sp³-hybridized carbons (Fsp3) is 0.368. The molecule has 3 aliphatic rings. The lowest BCUT2D eigenvalue weighted by atomic mass is 9.84. The van der Waals surface area contributed by atoms with E-state index in [1.54, 1.807) is 0 Å². The van der Waals surface area contributed by atoms with Gasteiger partial charge in [-0.25, -0.2) is 0 Å². The number of piperidine rings is 1. The number of aromatic amines is 1. The molecule has 0 spiro atoms. The SMILES string of the molecule is C=C1c2[nH]c3ccccc3c2CCN2CCC1C(=CC)C2. The summed E-state index contributed by atoms with van der Waals surface area (Å²) in [6, 6.07) is 8.66. The molecule has 1 fully saturated rings. The summed E-state index contributed by atoms with van der Waals surface area (Å²) in [7, 11) is 0. The Kier molecular flexibility index (Phi) is 3.00. The van der Waals surface area contributed by atoms with Gasteiger partial charge in [-0.3, -0.25) is 4.90 Å². The molecule has 2 unspecified atom stereocenters. The second-order valence-corrected chi connectivity index (χ2v) is 6.28. The summed E-state index contributed by atoms with van der Waals surface area (Å²) >= 11 is 0. The summed E-state index contributed by atoms with van der Waals surface area (Å²) in [5.41, 5.74) is 6.83. The van der Waals surface area contributed by atoms with Crippen molar-refractivity contribution in [1.29, 1.82) is 0 Å². The average molecular weight is 278 g/mol. The van der Waals surface area contributed by atoms with Crippen molar-refractivity contribution >= 4 is 16.5 Å². The van der Waals surface area contributed by atoms with Crippen LogP contribution in [-0.4, -0.2) is 29.5 Å². The number of para-hydroxylation sites is 1. The van der Waals surface area contributed by atoms with Crippen molar-refractivity contribution in [2.45, 2.75) is 19.8 Å². The van der Waals surface area contributed by atoms with Gasteiger partial charge < -0.3 is 4.98 Å². The van der Waals surface area contributed by atoms with E-state index in [9.17, 15) is 0 Å². The Morgan fingerprint density at radius 2 is 2.14 bits per heavy atom. The highest BCUT2D eigenvalue weighted by molar-refractivity contribution is 5.89. The molecule has 1 aromatic heterocycles. The van der Waals surface area contributed by atoms with E-state index in [4.69, 9.17) is 0 Å². The third-order valence-electron chi connectivity index (χ3n) is 5.19. The zero-order valence-corrected chi connectivity index (χ0v) is 12.7. The van der Waals surface area contributed by atoms with Crippen molar-refractivity contribution in [1.82, 2.24) is 9.88 Å². The molecule has 2 bridgehead atoms. The number of fused-ring (bicyclic) bond motifs is 4. The van der Waals surface area contributed by atoms with Crippen LogP contribution in [0.3, 0.4) is 0 Å². The highest BCUT2D eigenvalue weighted by Gasteiger charge is 2.30. The number of hydrogen-bond donors (Lipinski definition) is 1. The molecule has 0 aliphatic carbocycles. The summed E-state index contributed by atoms with van der Waals surface area (Å²) in [6.07, 6.45) is 4.62. The number of nitrogens with one attached hydrogen (secondary N) is 1. The third kappa shape index (κ3) is 1.97. The van der Waals surface area contributed by atoms with Crippen molar-refractivity contribution in [2.75, 3.05) is 19.6 Å². The molecule has 3 aliphatic heterocycles. The van der Waals surface area contributed by atoms with Gasteiger partial charge in [0.25, 0.3) is 0 Å². The quantitative estimate of drug-likeness (QED) is 0.722. The van der Waals surface area contributed by atoms with Crippen molar-refractivity contribution in [3.05, 3.63) is 53.8 Å². The molecule has 4 heterocycles. The molecule has 1 aromatic carbocycles. The normalized spacial score (nSPS) is 27.5. The molecule has 0 saturated carbocycles. The minimum Gasteiger partial charge on any atom is -0.355 e. The molecule has 108 valence electrons. The van der Waals surface area contributed by atoms with Crippen molar-refractivity contribution < 1.29 is 0 Å². The first-order valence-corrected chi connectivity index (χ1v) is 7.94. The summed E-state index contributed by atoms with van der Waals surface area (Å²) in [4.78, 5) is 6.24. The number of hydrogen-bond acceptors (Lipinski definition) is 1. The largest absolute Gasteiger partial charge is 0.355 e. The molecule has 21 heavy (non-hydrogen) atoms. The Bertz CT molecular complexity index is 735. The fourth-order valence-corrected chi connectivity index (χ4v) is 4.00. The van der Waals surface area contributed by atoms with Gasteiger partial charge in [0.05, 0.1) is 0 Å². The smallest absolute Gasteiger partial charge is 0.0461 e. The van der Waals surface area contributed by atoms with E-state index in [0.29, 0.717) is 5.92 Å². The van der Waals surface area contributed by atoms with Crippen LogP contribution >= 0.6 is 0 Å². The van der Waals surface area contributed by atoms with E-state index in [0.717, 1.165) is 19.5 Å². The summed E-state index contributed by atoms with van der Waals surface area (Å²) in [5, 5.41) is 1.37. The predicted octanol–water partition coefficient (Wildman–Crippen LogP) is 4.01. The number of H-pyrrole nitrogens is 1. The van der Waals surface area contributed by atoms with Crippen LogP contribution in [-0.2, 0) is 6.42 Å². The zero-order valence-electron chi connectivity index (χ0n) is 12.7. The molecule has 2 heteroatoms. The first-order valence-electron chi connectivity index (χ1n) is 7.94. The number of rotatable bonds is 0. The maximum atomic E-state index is 4.48. The van der Waals surface area contributed by atoms with E-state index >= 15 is 0 Å². The average Bonchev–Trinajstić information content (AvgIpc) is 2.93. The second kappa shape index (κ2) is 4.88. The van der Waals surface area contributed by atoms with E-state index in [1.807, 2.05) is 0 Å². The van der Waals surface area contributed by atoms with Crippen molar-refractivity contribution in [3.63, 3.8) is 0 Å². The summed E-state index contributed by atoms with van der Waals surface area (Å²) in [6.45, 7) is 10.1. The Labute approximate surface area is 126 Å². The van der Waals surface area contributed by atoms with Gasteiger partial charge in [0.2, 0.25) is 0 Å². The number of allylic oxidation sites excluding steroid dienone is 2. The van der Waals surface area contributed by atoms with Crippen LogP contribution in [0.15, 0.2) is 42.5 Å². The fourth-order valence-electron chi connectivity index (χ4n) is 4.00. The minimum absolute atomic E-state index is 0.510. The molecule has 1 saturated heterocycles. The molecule has 0 radical (unpaired) electrons. The predicted molar refractivity (Wildman–Crippen MR) is 89.3 cm³/mol. The standard InChI is InChI=1S/C19H22N2/c1-3-14-12-21-10-8-15(14)13(2)19-17(9-11-21)16-6-4-5-7-18(16)20-19/h3-7,15,20H,2,8-12H2,1H3. The second-order valence-electron chi connectivity index (χ2n) is 6.28. The van der Waals surface area contributed by atoms with E-state index < -0.39 is 0 Å².